The highest BCUT2D eigenvalue weighted by atomic mass is 16.1. The van der Waals surface area contributed by atoms with Gasteiger partial charge in [0, 0.05) is 28.4 Å². The summed E-state index contributed by atoms with van der Waals surface area (Å²) in [4.78, 5) is 24.6. The number of para-hydroxylation sites is 1. The number of H-pyrrole nitrogens is 1. The molecule has 4 aromatic rings. The Balaban J connectivity index is 1.91. The van der Waals surface area contributed by atoms with Gasteiger partial charge in [0.2, 0.25) is 5.69 Å². The van der Waals surface area contributed by atoms with Gasteiger partial charge in [0.25, 0.3) is 0 Å². The Bertz CT molecular complexity index is 1290. The van der Waals surface area contributed by atoms with E-state index < -0.39 is 6.04 Å². The summed E-state index contributed by atoms with van der Waals surface area (Å²) in [6.45, 7) is 9.28. The molecule has 142 valence electrons. The van der Waals surface area contributed by atoms with Gasteiger partial charge in [-0.3, -0.25) is 9.78 Å². The number of pyridine rings is 2. The van der Waals surface area contributed by atoms with Gasteiger partial charge in [-0.15, -0.1) is 0 Å². The van der Waals surface area contributed by atoms with Crippen molar-refractivity contribution < 1.29 is 0 Å². The maximum atomic E-state index is 13.4. The lowest BCUT2D eigenvalue weighted by molar-refractivity contribution is 0.866. The fourth-order valence-electron chi connectivity index (χ4n) is 3.47. The zero-order chi connectivity index (χ0) is 20.4. The van der Waals surface area contributed by atoms with E-state index in [-0.39, 0.29) is 11.1 Å². The largest absolute Gasteiger partial charge is 0.407 e. The molecule has 0 amide bonds. The molecule has 0 spiro atoms. The number of aromatic nitrogens is 2. The number of benzene rings is 2. The van der Waals surface area contributed by atoms with Crippen molar-refractivity contribution in [3.05, 3.63) is 94.1 Å². The molecule has 0 aliphatic rings. The Morgan fingerprint density at radius 1 is 1.10 bits per heavy atom. The van der Waals surface area contributed by atoms with E-state index in [1.165, 1.54) is 0 Å². The lowest BCUT2D eigenvalue weighted by Crippen LogP contribution is -2.20. The number of nitrogen functional groups attached to an aromatic ring is 1. The molecule has 2 aromatic heterocycles. The fraction of sp³-hybridized carbons (Fsp3) is 0.0870. The van der Waals surface area contributed by atoms with Gasteiger partial charge in [-0.25, -0.2) is 4.85 Å². The van der Waals surface area contributed by atoms with Crippen LogP contribution in [0, 0.1) is 6.57 Å². The molecule has 0 aliphatic heterocycles. The third-order valence-electron chi connectivity index (χ3n) is 4.86. The van der Waals surface area contributed by atoms with Crippen LogP contribution in [0.2, 0.25) is 0 Å². The molecule has 4 rings (SSSR count). The molecule has 29 heavy (non-hydrogen) atoms. The molecule has 6 heteroatoms. The average molecular weight is 381 g/mol. The molecule has 0 saturated carbocycles. The van der Waals surface area contributed by atoms with Crippen LogP contribution in [-0.4, -0.2) is 9.97 Å². The Labute approximate surface area is 167 Å². The highest BCUT2D eigenvalue weighted by Crippen LogP contribution is 2.33. The zero-order valence-electron chi connectivity index (χ0n) is 15.8. The number of anilines is 2. The van der Waals surface area contributed by atoms with Gasteiger partial charge in [-0.2, -0.15) is 0 Å². The fourth-order valence-corrected chi connectivity index (χ4v) is 3.47. The number of aromatic amines is 1. The summed E-state index contributed by atoms with van der Waals surface area (Å²) in [5.41, 5.74) is 9.44. The smallest absolute Gasteiger partial charge is 0.250 e. The van der Waals surface area contributed by atoms with Crippen LogP contribution in [0.25, 0.3) is 27.0 Å². The first-order valence-corrected chi connectivity index (χ1v) is 9.19. The molecule has 2 heterocycles. The predicted octanol–water partition coefficient (Wildman–Crippen LogP) is 4.90. The number of nitrogens with one attached hydrogen (secondary N) is 2. The van der Waals surface area contributed by atoms with E-state index in [9.17, 15) is 4.79 Å². The van der Waals surface area contributed by atoms with Crippen LogP contribution >= 0.6 is 0 Å². The maximum absolute atomic E-state index is 13.4. The van der Waals surface area contributed by atoms with E-state index in [2.05, 4.69) is 20.1 Å². The highest BCUT2D eigenvalue weighted by Gasteiger charge is 2.20. The van der Waals surface area contributed by atoms with E-state index in [0.29, 0.717) is 22.5 Å². The maximum Gasteiger partial charge on any atom is 0.250 e. The van der Waals surface area contributed by atoms with Crippen LogP contribution in [0.3, 0.4) is 0 Å². The predicted molar refractivity (Wildman–Crippen MR) is 117 cm³/mol. The van der Waals surface area contributed by atoms with E-state index in [4.69, 9.17) is 12.3 Å². The minimum Gasteiger partial charge on any atom is -0.407 e. The number of hydrogen-bond donors (Lipinski definition) is 3. The van der Waals surface area contributed by atoms with Crippen molar-refractivity contribution in [1.82, 2.24) is 9.97 Å². The summed E-state index contributed by atoms with van der Waals surface area (Å²) in [7, 11) is 0. The molecule has 2 aromatic carbocycles. The number of rotatable bonds is 4. The van der Waals surface area contributed by atoms with Gasteiger partial charge < -0.3 is 16.0 Å². The number of nitrogens with zero attached hydrogens (tertiary/aromatic N) is 2. The second kappa shape index (κ2) is 7.49. The van der Waals surface area contributed by atoms with Gasteiger partial charge >= 0.3 is 0 Å². The molecule has 0 bridgehead atoms. The first-order chi connectivity index (χ1) is 14.1. The van der Waals surface area contributed by atoms with Crippen LogP contribution in [0.1, 0.15) is 18.5 Å². The topological polar surface area (TPSA) is 88.2 Å². The molecule has 0 saturated heterocycles. The molecular weight excluding hydrogens is 362 g/mol. The summed E-state index contributed by atoms with van der Waals surface area (Å²) in [5, 5.41) is 3.82. The third kappa shape index (κ3) is 3.30. The summed E-state index contributed by atoms with van der Waals surface area (Å²) >= 11 is 0. The van der Waals surface area contributed by atoms with Gasteiger partial charge in [0.05, 0.1) is 18.3 Å². The first kappa shape index (κ1) is 18.3. The van der Waals surface area contributed by atoms with Crippen molar-refractivity contribution >= 4 is 28.1 Å². The summed E-state index contributed by atoms with van der Waals surface area (Å²) in [5.74, 6) is 0.360. The molecule has 1 unspecified atom stereocenters. The summed E-state index contributed by atoms with van der Waals surface area (Å²) in [6, 6.07) is 18.3. The summed E-state index contributed by atoms with van der Waals surface area (Å²) < 4.78 is 0. The highest BCUT2D eigenvalue weighted by molar-refractivity contribution is 5.84. The minimum atomic E-state index is -0.409. The normalized spacial score (nSPS) is 11.7. The minimum absolute atomic E-state index is 0.0635. The van der Waals surface area contributed by atoms with Crippen LogP contribution in [-0.2, 0) is 0 Å². The molecule has 0 radical (unpaired) electrons. The SMILES string of the molecule is [C-]#[N+]c1c(N)ccnc1NC(C)c1c(-c2ccccc2)[nH]c2ccccc2c1=O. The van der Waals surface area contributed by atoms with Gasteiger partial charge in [0.1, 0.15) is 5.82 Å². The molecule has 6 nitrogen and oxygen atoms in total. The second-order valence-corrected chi connectivity index (χ2v) is 6.73. The Morgan fingerprint density at radius 3 is 2.59 bits per heavy atom. The van der Waals surface area contributed by atoms with Crippen molar-refractivity contribution in [2.24, 2.45) is 0 Å². The van der Waals surface area contributed by atoms with E-state index in [0.717, 1.165) is 16.8 Å². The zero-order valence-corrected chi connectivity index (χ0v) is 15.8. The monoisotopic (exact) mass is 381 g/mol. The third-order valence-corrected chi connectivity index (χ3v) is 4.86. The first-order valence-electron chi connectivity index (χ1n) is 9.19. The van der Waals surface area contributed by atoms with Gasteiger partial charge in [-0.1, -0.05) is 42.5 Å². The molecule has 0 fully saturated rings. The van der Waals surface area contributed by atoms with Crippen LogP contribution in [0.15, 0.2) is 71.7 Å². The van der Waals surface area contributed by atoms with Crippen molar-refractivity contribution in [2.75, 3.05) is 11.1 Å². The molecule has 1 atom stereocenters. The van der Waals surface area contributed by atoms with Gasteiger partial charge in [0.15, 0.2) is 5.43 Å². The molecular formula is C23H19N5O. The van der Waals surface area contributed by atoms with Crippen LogP contribution in [0.4, 0.5) is 17.2 Å². The van der Waals surface area contributed by atoms with Crippen LogP contribution < -0.4 is 16.5 Å². The lowest BCUT2D eigenvalue weighted by atomic mass is 9.98. The number of fused-ring (bicyclic) bond motifs is 1. The Hall–Kier alpha value is -4.11. The average Bonchev–Trinajstić information content (AvgIpc) is 2.74. The second-order valence-electron chi connectivity index (χ2n) is 6.73. The van der Waals surface area contributed by atoms with Crippen LogP contribution in [0.5, 0.6) is 0 Å². The quantitative estimate of drug-likeness (QED) is 0.439. The molecule has 0 aliphatic carbocycles. The molecule has 4 N–H and O–H groups in total. The van der Waals surface area contributed by atoms with Gasteiger partial charge in [-0.05, 0) is 30.7 Å². The van der Waals surface area contributed by atoms with E-state index in [1.54, 1.807) is 12.3 Å². The lowest BCUT2D eigenvalue weighted by Gasteiger charge is -2.20. The Morgan fingerprint density at radius 2 is 1.83 bits per heavy atom. The van der Waals surface area contributed by atoms with Crippen molar-refractivity contribution in [3.8, 4) is 11.3 Å². The number of hydrogen-bond acceptors (Lipinski definition) is 4. The van der Waals surface area contributed by atoms with E-state index in [1.807, 2.05) is 61.5 Å². The van der Waals surface area contributed by atoms with Crippen molar-refractivity contribution in [3.63, 3.8) is 0 Å². The summed E-state index contributed by atoms with van der Waals surface area (Å²) in [6.07, 6.45) is 1.54. The number of nitrogens with two attached hydrogens (primary N) is 1. The Kier molecular flexibility index (Phi) is 4.71. The van der Waals surface area contributed by atoms with Crippen molar-refractivity contribution in [2.45, 2.75) is 13.0 Å². The van der Waals surface area contributed by atoms with Crippen molar-refractivity contribution in [1.29, 1.82) is 0 Å². The standard InChI is InChI=1S/C23H19N5O/c1-14(27-23-21(25-2)17(24)12-13-26-23)19-20(15-8-4-3-5-9-15)28-18-11-7-6-10-16(18)22(19)29/h3-14H,1H3,(H,28,29)(H3,24,26,27). The van der Waals surface area contributed by atoms with E-state index >= 15 is 0 Å².